The van der Waals surface area contributed by atoms with Gasteiger partial charge in [-0.3, -0.25) is 4.79 Å². The fourth-order valence-electron chi connectivity index (χ4n) is 3.07. The Morgan fingerprint density at radius 3 is 2.33 bits per heavy atom. The van der Waals surface area contributed by atoms with Crippen molar-refractivity contribution in [2.45, 2.75) is 20.8 Å². The van der Waals surface area contributed by atoms with Gasteiger partial charge < -0.3 is 14.2 Å². The van der Waals surface area contributed by atoms with Gasteiger partial charge >= 0.3 is 5.97 Å². The number of hydrogen-bond donors (Lipinski definition) is 1. The molecule has 3 rings (SSSR count). The number of carbonyl (C=O) groups is 2. The smallest absolute Gasteiger partial charge is 0.343 e. The van der Waals surface area contributed by atoms with Gasteiger partial charge in [-0.05, 0) is 67.8 Å². The van der Waals surface area contributed by atoms with Crippen LogP contribution in [0.25, 0.3) is 0 Å². The molecule has 3 aromatic carbocycles. The number of rotatable bonds is 9. The summed E-state index contributed by atoms with van der Waals surface area (Å²) in [4.78, 5) is 24.4. The van der Waals surface area contributed by atoms with Crippen molar-refractivity contribution in [1.82, 2.24) is 5.43 Å². The molecule has 0 spiro atoms. The lowest BCUT2D eigenvalue weighted by Crippen LogP contribution is -2.25. The van der Waals surface area contributed by atoms with E-state index in [9.17, 15) is 9.59 Å². The average Bonchev–Trinajstić information content (AvgIpc) is 2.81. The van der Waals surface area contributed by atoms with Gasteiger partial charge in [0.2, 0.25) is 0 Å². The zero-order valence-corrected chi connectivity index (χ0v) is 18.8. The molecule has 0 bridgehead atoms. The molecule has 0 unspecified atom stereocenters. The highest BCUT2D eigenvalue weighted by atomic mass is 16.6. The first-order valence-electron chi connectivity index (χ1n) is 10.5. The first-order chi connectivity index (χ1) is 16.0. The van der Waals surface area contributed by atoms with Crippen LogP contribution in [0.15, 0.2) is 71.8 Å². The van der Waals surface area contributed by atoms with E-state index in [1.165, 1.54) is 6.21 Å². The lowest BCUT2D eigenvalue weighted by atomic mass is 10.1. The Bertz CT molecular complexity index is 1120. The summed E-state index contributed by atoms with van der Waals surface area (Å²) in [5.74, 6) is 0.532. The van der Waals surface area contributed by atoms with Crippen LogP contribution in [-0.4, -0.2) is 31.3 Å². The second-order valence-corrected chi connectivity index (χ2v) is 7.20. The second-order valence-electron chi connectivity index (χ2n) is 7.20. The molecular weight excluding hydrogens is 420 g/mol. The summed E-state index contributed by atoms with van der Waals surface area (Å²) in [6.07, 6.45) is 1.47. The van der Waals surface area contributed by atoms with Crippen molar-refractivity contribution in [3.05, 3.63) is 89.0 Å². The topological polar surface area (TPSA) is 86.2 Å². The van der Waals surface area contributed by atoms with Gasteiger partial charge in [0.05, 0.1) is 18.4 Å². The van der Waals surface area contributed by atoms with E-state index in [1.54, 1.807) is 42.5 Å². The predicted molar refractivity (Wildman–Crippen MR) is 126 cm³/mol. The zero-order valence-electron chi connectivity index (χ0n) is 18.8. The van der Waals surface area contributed by atoms with Gasteiger partial charge in [0.25, 0.3) is 5.91 Å². The highest BCUT2D eigenvalue weighted by Gasteiger charge is 2.13. The van der Waals surface area contributed by atoms with Gasteiger partial charge in [0.15, 0.2) is 18.1 Å². The normalized spacial score (nSPS) is 10.6. The molecule has 170 valence electrons. The quantitative estimate of drug-likeness (QED) is 0.227. The summed E-state index contributed by atoms with van der Waals surface area (Å²) in [7, 11) is 0. The van der Waals surface area contributed by atoms with E-state index in [2.05, 4.69) is 10.5 Å². The minimum atomic E-state index is -0.478. The molecule has 33 heavy (non-hydrogen) atoms. The van der Waals surface area contributed by atoms with Crippen molar-refractivity contribution >= 4 is 18.1 Å². The Kier molecular flexibility index (Phi) is 8.18. The Morgan fingerprint density at radius 2 is 1.64 bits per heavy atom. The van der Waals surface area contributed by atoms with E-state index in [4.69, 9.17) is 14.2 Å². The number of esters is 1. The summed E-state index contributed by atoms with van der Waals surface area (Å²) >= 11 is 0. The number of aryl methyl sites for hydroxylation is 2. The van der Waals surface area contributed by atoms with E-state index in [1.807, 2.05) is 45.0 Å². The summed E-state index contributed by atoms with van der Waals surface area (Å²) in [5.41, 5.74) is 5.46. The molecule has 3 aromatic rings. The first kappa shape index (κ1) is 23.5. The number of hydrazone groups is 1. The van der Waals surface area contributed by atoms with Gasteiger partial charge in [-0.25, -0.2) is 10.2 Å². The largest absolute Gasteiger partial charge is 0.490 e. The molecule has 0 aliphatic heterocycles. The Labute approximate surface area is 193 Å². The molecular formula is C26H26N2O5. The maximum absolute atomic E-state index is 12.3. The number of carbonyl (C=O) groups excluding carboxylic acids is 2. The molecule has 0 aliphatic carbocycles. The Hall–Kier alpha value is -4.13. The van der Waals surface area contributed by atoms with E-state index >= 15 is 0 Å². The molecule has 0 fully saturated rings. The molecule has 1 amide bonds. The van der Waals surface area contributed by atoms with E-state index < -0.39 is 5.97 Å². The predicted octanol–water partition coefficient (Wildman–Crippen LogP) is 4.45. The number of ether oxygens (including phenoxy) is 3. The maximum Gasteiger partial charge on any atom is 0.343 e. The van der Waals surface area contributed by atoms with Crippen LogP contribution in [0.4, 0.5) is 0 Å². The van der Waals surface area contributed by atoms with Gasteiger partial charge in [0, 0.05) is 0 Å². The van der Waals surface area contributed by atoms with Crippen LogP contribution in [0, 0.1) is 13.8 Å². The zero-order chi connectivity index (χ0) is 23.6. The fraction of sp³-hybridized carbons (Fsp3) is 0.192. The van der Waals surface area contributed by atoms with Gasteiger partial charge in [-0.1, -0.05) is 36.4 Å². The Morgan fingerprint density at radius 1 is 0.909 bits per heavy atom. The van der Waals surface area contributed by atoms with Crippen molar-refractivity contribution in [2.75, 3.05) is 13.2 Å². The molecule has 0 saturated carbocycles. The average molecular weight is 447 g/mol. The maximum atomic E-state index is 12.3. The number of nitrogens with zero attached hydrogens (tertiary/aromatic N) is 1. The fourth-order valence-corrected chi connectivity index (χ4v) is 3.07. The van der Waals surface area contributed by atoms with Gasteiger partial charge in [0.1, 0.15) is 5.75 Å². The van der Waals surface area contributed by atoms with Crippen molar-refractivity contribution in [3.8, 4) is 17.2 Å². The third kappa shape index (κ3) is 6.67. The monoisotopic (exact) mass is 446 g/mol. The van der Waals surface area contributed by atoms with Crippen LogP contribution in [0.5, 0.6) is 17.2 Å². The highest BCUT2D eigenvalue weighted by Crippen LogP contribution is 2.29. The third-order valence-electron chi connectivity index (χ3n) is 4.64. The van der Waals surface area contributed by atoms with Crippen LogP contribution in [0.1, 0.15) is 34.0 Å². The van der Waals surface area contributed by atoms with E-state index in [-0.39, 0.29) is 12.5 Å². The second kappa shape index (κ2) is 11.5. The van der Waals surface area contributed by atoms with Crippen LogP contribution in [0.3, 0.4) is 0 Å². The minimum absolute atomic E-state index is 0.151. The third-order valence-corrected chi connectivity index (χ3v) is 4.64. The highest BCUT2D eigenvalue weighted by molar-refractivity contribution is 5.91. The molecule has 0 aliphatic rings. The number of para-hydroxylation sites is 1. The molecule has 1 N–H and O–H groups in total. The molecule has 0 saturated heterocycles. The number of amides is 1. The summed E-state index contributed by atoms with van der Waals surface area (Å²) in [6, 6.07) is 19.5. The van der Waals surface area contributed by atoms with E-state index in [0.717, 1.165) is 11.1 Å². The number of hydrogen-bond acceptors (Lipinski definition) is 6. The standard InChI is InChI=1S/C26H26N2O5/c1-4-31-23-15-20(13-14-22(23)33-26(30)21-11-6-5-7-12-21)16-27-28-24(29)17-32-25-18(2)9-8-10-19(25)3/h5-16H,4,17H2,1-3H3,(H,28,29)/b27-16+. The van der Waals surface area contributed by atoms with Crippen molar-refractivity contribution in [3.63, 3.8) is 0 Å². The lowest BCUT2D eigenvalue weighted by Gasteiger charge is -2.11. The summed E-state index contributed by atoms with van der Waals surface area (Å²) in [5, 5.41) is 3.97. The molecule has 0 heterocycles. The van der Waals surface area contributed by atoms with E-state index in [0.29, 0.717) is 35.0 Å². The van der Waals surface area contributed by atoms with Crippen molar-refractivity contribution in [1.29, 1.82) is 0 Å². The number of benzene rings is 3. The van der Waals surface area contributed by atoms with Gasteiger partial charge in [-0.15, -0.1) is 0 Å². The van der Waals surface area contributed by atoms with Crippen LogP contribution < -0.4 is 19.6 Å². The number of nitrogens with one attached hydrogen (secondary N) is 1. The molecule has 0 radical (unpaired) electrons. The molecule has 7 heteroatoms. The first-order valence-corrected chi connectivity index (χ1v) is 10.5. The minimum Gasteiger partial charge on any atom is -0.490 e. The summed E-state index contributed by atoms with van der Waals surface area (Å²) < 4.78 is 16.7. The molecule has 7 nitrogen and oxygen atoms in total. The van der Waals surface area contributed by atoms with Crippen molar-refractivity contribution < 1.29 is 23.8 Å². The Balaban J connectivity index is 1.60. The molecule has 0 atom stereocenters. The van der Waals surface area contributed by atoms with Crippen LogP contribution >= 0.6 is 0 Å². The summed E-state index contributed by atoms with van der Waals surface area (Å²) in [6.45, 7) is 5.93. The van der Waals surface area contributed by atoms with Gasteiger partial charge in [-0.2, -0.15) is 5.10 Å². The van der Waals surface area contributed by atoms with Crippen molar-refractivity contribution in [2.24, 2.45) is 5.10 Å². The van der Waals surface area contributed by atoms with Crippen LogP contribution in [-0.2, 0) is 4.79 Å². The molecule has 0 aromatic heterocycles. The SMILES string of the molecule is CCOc1cc(/C=N/NC(=O)COc2c(C)cccc2C)ccc1OC(=O)c1ccccc1. The lowest BCUT2D eigenvalue weighted by molar-refractivity contribution is -0.123. The van der Waals surface area contributed by atoms with Crippen LogP contribution in [0.2, 0.25) is 0 Å².